The van der Waals surface area contributed by atoms with E-state index in [1.165, 1.54) is 48.1 Å². The molecule has 2 bridgehead atoms. The molecule has 3 atom stereocenters. The molecule has 0 spiro atoms. The number of aryl methyl sites for hydroxylation is 1. The minimum absolute atomic E-state index is 0.0216. The Labute approximate surface area is 228 Å². The van der Waals surface area contributed by atoms with E-state index in [9.17, 15) is 28.7 Å². The van der Waals surface area contributed by atoms with E-state index in [2.05, 4.69) is 25.8 Å². The summed E-state index contributed by atoms with van der Waals surface area (Å²) in [6.07, 6.45) is 3.34. The van der Waals surface area contributed by atoms with Gasteiger partial charge < -0.3 is 25.2 Å². The minimum atomic E-state index is -0.798. The molecule has 2 aromatic heterocycles. The fraction of sp³-hybridized carbons (Fsp3) is 0.423. The van der Waals surface area contributed by atoms with E-state index in [-0.39, 0.29) is 24.8 Å². The third-order valence-corrected chi connectivity index (χ3v) is 7.50. The molecule has 4 heterocycles. The molecule has 1 saturated carbocycles. The molecule has 3 N–H and O–H groups in total. The van der Waals surface area contributed by atoms with Crippen molar-refractivity contribution < 1.29 is 23.9 Å². The van der Waals surface area contributed by atoms with Crippen molar-refractivity contribution in [2.45, 2.75) is 44.3 Å². The van der Waals surface area contributed by atoms with Gasteiger partial charge in [0.15, 0.2) is 11.5 Å². The van der Waals surface area contributed by atoms with Crippen molar-refractivity contribution in [2.24, 2.45) is 13.0 Å². The van der Waals surface area contributed by atoms with Crippen LogP contribution in [0, 0.1) is 11.7 Å². The molecular weight excluding hydrogens is 523 g/mol. The summed E-state index contributed by atoms with van der Waals surface area (Å²) in [4.78, 5) is 56.6. The highest BCUT2D eigenvalue weighted by Crippen LogP contribution is 2.40. The molecule has 0 radical (unpaired) electrons. The number of aromatic nitrogens is 5. The van der Waals surface area contributed by atoms with Crippen LogP contribution in [0.4, 0.5) is 4.39 Å². The third kappa shape index (κ3) is 4.92. The van der Waals surface area contributed by atoms with Crippen LogP contribution in [0.15, 0.2) is 29.3 Å². The highest BCUT2D eigenvalue weighted by molar-refractivity contribution is 6.34. The SMILES string of the molecule is CN(C)C(=O)C(=O)NC1CC2CCC1c1nc(C(=O)NCc3ccc(F)cc3-c3nncn3C)c(O)c(=O)n1C2. The Balaban J connectivity index is 1.43. The topological polar surface area (TPSA) is 164 Å². The Hall–Kier alpha value is -4.62. The van der Waals surface area contributed by atoms with Gasteiger partial charge in [-0.1, -0.05) is 6.07 Å². The highest BCUT2D eigenvalue weighted by atomic mass is 19.1. The third-order valence-electron chi connectivity index (χ3n) is 7.50. The second-order valence-corrected chi connectivity index (χ2v) is 10.4. The van der Waals surface area contributed by atoms with Gasteiger partial charge >= 0.3 is 11.8 Å². The number of carbonyl (C=O) groups is 3. The van der Waals surface area contributed by atoms with E-state index in [1.807, 2.05) is 0 Å². The van der Waals surface area contributed by atoms with E-state index in [0.29, 0.717) is 29.8 Å². The van der Waals surface area contributed by atoms with Crippen LogP contribution in [-0.4, -0.2) is 72.2 Å². The summed E-state index contributed by atoms with van der Waals surface area (Å²) < 4.78 is 17.0. The molecular formula is C26H29FN8O5. The Kier molecular flexibility index (Phi) is 7.08. The zero-order chi connectivity index (χ0) is 28.7. The van der Waals surface area contributed by atoms with E-state index < -0.39 is 52.5 Å². The first-order valence-corrected chi connectivity index (χ1v) is 12.8. The van der Waals surface area contributed by atoms with Gasteiger partial charge in [-0.3, -0.25) is 23.7 Å². The number of benzene rings is 1. The minimum Gasteiger partial charge on any atom is -0.501 e. The predicted molar refractivity (Wildman–Crippen MR) is 138 cm³/mol. The fourth-order valence-electron chi connectivity index (χ4n) is 5.46. The summed E-state index contributed by atoms with van der Waals surface area (Å²) in [6.45, 7) is 0.204. The molecule has 3 aromatic rings. The number of nitrogens with one attached hydrogen (secondary N) is 2. The van der Waals surface area contributed by atoms with Gasteiger partial charge in [-0.05, 0) is 42.9 Å². The lowest BCUT2D eigenvalue weighted by molar-refractivity contribution is -0.144. The van der Waals surface area contributed by atoms with Gasteiger partial charge in [0.1, 0.15) is 18.0 Å². The number of hydrogen-bond acceptors (Lipinski definition) is 8. The number of amides is 3. The predicted octanol–water partition coefficient (Wildman–Crippen LogP) is 0.284. The maximum absolute atomic E-state index is 14.0. The quantitative estimate of drug-likeness (QED) is 0.380. The van der Waals surface area contributed by atoms with E-state index >= 15 is 0 Å². The largest absolute Gasteiger partial charge is 0.501 e. The average molecular weight is 553 g/mol. The number of likely N-dealkylation sites (N-methyl/N-ethyl adjacent to an activating group) is 1. The second kappa shape index (κ2) is 10.5. The molecule has 6 rings (SSSR count). The molecule has 1 aliphatic carbocycles. The number of fused-ring (bicyclic) bond motifs is 2. The van der Waals surface area contributed by atoms with Crippen molar-refractivity contribution in [3.8, 4) is 17.1 Å². The lowest BCUT2D eigenvalue weighted by Crippen LogP contribution is -2.48. The fourth-order valence-corrected chi connectivity index (χ4v) is 5.46. The number of carbonyl (C=O) groups excluding carboxylic acids is 3. The van der Waals surface area contributed by atoms with Crippen LogP contribution < -0.4 is 16.2 Å². The summed E-state index contributed by atoms with van der Waals surface area (Å²) >= 11 is 0. The van der Waals surface area contributed by atoms with E-state index in [4.69, 9.17) is 0 Å². The van der Waals surface area contributed by atoms with Crippen LogP contribution in [0.2, 0.25) is 0 Å². The molecule has 2 aliphatic heterocycles. The van der Waals surface area contributed by atoms with Crippen molar-refractivity contribution in [1.29, 1.82) is 0 Å². The lowest BCUT2D eigenvalue weighted by atomic mass is 9.79. The summed E-state index contributed by atoms with van der Waals surface area (Å²) in [6, 6.07) is 3.56. The summed E-state index contributed by atoms with van der Waals surface area (Å²) in [5.41, 5.74) is -0.241. The summed E-state index contributed by atoms with van der Waals surface area (Å²) in [5, 5.41) is 23.9. The van der Waals surface area contributed by atoms with Crippen LogP contribution in [0.5, 0.6) is 5.75 Å². The van der Waals surface area contributed by atoms with Gasteiger partial charge in [0.05, 0.1) is 0 Å². The molecule has 3 unspecified atom stereocenters. The van der Waals surface area contributed by atoms with Crippen LogP contribution in [-0.2, 0) is 29.7 Å². The Morgan fingerprint density at radius 3 is 2.70 bits per heavy atom. The van der Waals surface area contributed by atoms with Gasteiger partial charge in [0.2, 0.25) is 5.75 Å². The molecule has 0 saturated heterocycles. The van der Waals surface area contributed by atoms with Crippen molar-refractivity contribution in [3.05, 3.63) is 57.8 Å². The van der Waals surface area contributed by atoms with Crippen LogP contribution in [0.3, 0.4) is 0 Å². The lowest BCUT2D eigenvalue weighted by Gasteiger charge is -2.32. The molecule has 13 nitrogen and oxygen atoms in total. The highest BCUT2D eigenvalue weighted by Gasteiger charge is 2.41. The molecule has 40 heavy (non-hydrogen) atoms. The van der Waals surface area contributed by atoms with Crippen molar-refractivity contribution >= 4 is 17.7 Å². The first-order valence-electron chi connectivity index (χ1n) is 12.8. The van der Waals surface area contributed by atoms with Gasteiger partial charge in [-0.2, -0.15) is 0 Å². The Morgan fingerprint density at radius 2 is 2.00 bits per heavy atom. The van der Waals surface area contributed by atoms with Gasteiger partial charge in [0, 0.05) is 51.8 Å². The van der Waals surface area contributed by atoms with Crippen molar-refractivity contribution in [3.63, 3.8) is 0 Å². The monoisotopic (exact) mass is 552 g/mol. The van der Waals surface area contributed by atoms with Crippen LogP contribution in [0.25, 0.3) is 11.4 Å². The normalized spacial score (nSPS) is 19.4. The number of rotatable bonds is 5. The molecule has 1 fully saturated rings. The number of aromatic hydroxyl groups is 1. The van der Waals surface area contributed by atoms with Crippen molar-refractivity contribution in [1.82, 2.24) is 39.8 Å². The van der Waals surface area contributed by atoms with Gasteiger partial charge in [0.25, 0.3) is 11.5 Å². The second-order valence-electron chi connectivity index (χ2n) is 10.4. The number of nitrogens with zero attached hydrogens (tertiary/aromatic N) is 6. The molecule has 210 valence electrons. The van der Waals surface area contributed by atoms with Crippen LogP contribution in [0.1, 0.15) is 47.1 Å². The summed E-state index contributed by atoms with van der Waals surface area (Å²) in [5.74, 6) is -3.27. The van der Waals surface area contributed by atoms with Gasteiger partial charge in [-0.15, -0.1) is 10.2 Å². The number of halogens is 1. The van der Waals surface area contributed by atoms with Crippen molar-refractivity contribution in [2.75, 3.05) is 14.1 Å². The molecule has 1 aromatic carbocycles. The van der Waals surface area contributed by atoms with Crippen LogP contribution >= 0.6 is 0 Å². The van der Waals surface area contributed by atoms with E-state index in [0.717, 1.165) is 6.42 Å². The molecule has 3 amide bonds. The standard InChI is InChI=1S/C26H29FN8O5/c1-33(2)26(40)24(38)30-18-8-13-4-7-16(18)21-31-19(20(36)25(39)35(21)11-13)23(37)28-10-14-5-6-15(27)9-17(14)22-32-29-12-34(22)3/h5-6,9,12-13,16,18,36H,4,7-8,10-11H2,1-3H3,(H,28,37)(H,30,38). The Morgan fingerprint density at radius 1 is 1.23 bits per heavy atom. The average Bonchev–Trinajstić information content (AvgIpc) is 3.20. The first-order chi connectivity index (χ1) is 19.0. The number of hydrogen-bond donors (Lipinski definition) is 3. The maximum Gasteiger partial charge on any atom is 0.311 e. The summed E-state index contributed by atoms with van der Waals surface area (Å²) in [7, 11) is 4.66. The van der Waals surface area contributed by atoms with Gasteiger partial charge in [-0.25, -0.2) is 9.37 Å². The zero-order valence-corrected chi connectivity index (χ0v) is 22.2. The van der Waals surface area contributed by atoms with E-state index in [1.54, 1.807) is 11.6 Å². The first kappa shape index (κ1) is 27.0. The molecule has 14 heteroatoms. The molecule has 3 aliphatic rings. The zero-order valence-electron chi connectivity index (χ0n) is 22.2. The Bertz CT molecular complexity index is 1560. The smallest absolute Gasteiger partial charge is 0.311 e. The maximum atomic E-state index is 14.0.